The van der Waals surface area contributed by atoms with Crippen molar-refractivity contribution in [3.8, 4) is 5.75 Å². The molecule has 1 heterocycles. The summed E-state index contributed by atoms with van der Waals surface area (Å²) in [6.07, 6.45) is 5.73. The number of piperidine rings is 1. The quantitative estimate of drug-likeness (QED) is 0.904. The van der Waals surface area contributed by atoms with Crippen LogP contribution in [0.4, 0.5) is 0 Å². The minimum Gasteiger partial charge on any atom is -0.496 e. The summed E-state index contributed by atoms with van der Waals surface area (Å²) in [6, 6.07) is 6.15. The van der Waals surface area contributed by atoms with Crippen molar-refractivity contribution in [3.63, 3.8) is 0 Å². The monoisotopic (exact) mass is 261 g/mol. The van der Waals surface area contributed by atoms with E-state index in [-0.39, 0.29) is 0 Å². The summed E-state index contributed by atoms with van der Waals surface area (Å²) in [5, 5.41) is 10.2. The Morgan fingerprint density at radius 3 is 2.58 bits per heavy atom. The van der Waals surface area contributed by atoms with Crippen LogP contribution in [0.25, 0.3) is 0 Å². The highest BCUT2D eigenvalue weighted by molar-refractivity contribution is 5.41. The molecule has 0 unspecified atom stereocenters. The van der Waals surface area contributed by atoms with Gasteiger partial charge in [0.1, 0.15) is 5.75 Å². The van der Waals surface area contributed by atoms with Crippen molar-refractivity contribution in [2.75, 3.05) is 20.2 Å². The van der Waals surface area contributed by atoms with Gasteiger partial charge in [0, 0.05) is 12.1 Å². The molecular weight excluding hydrogens is 238 g/mol. The Morgan fingerprint density at radius 2 is 1.95 bits per heavy atom. The van der Waals surface area contributed by atoms with Gasteiger partial charge in [-0.25, -0.2) is 0 Å². The highest BCUT2D eigenvalue weighted by Crippen LogP contribution is 2.46. The van der Waals surface area contributed by atoms with Crippen molar-refractivity contribution >= 4 is 0 Å². The molecule has 0 atom stereocenters. The van der Waals surface area contributed by atoms with Gasteiger partial charge in [-0.15, -0.1) is 0 Å². The molecule has 0 aromatic heterocycles. The number of methoxy groups -OCH3 is 1. The lowest BCUT2D eigenvalue weighted by molar-refractivity contribution is 0.151. The minimum absolute atomic E-state index is 0.553. The number of benzene rings is 1. The van der Waals surface area contributed by atoms with Crippen LogP contribution in [0.5, 0.6) is 5.75 Å². The lowest BCUT2D eigenvalue weighted by Gasteiger charge is -2.27. The highest BCUT2D eigenvalue weighted by Gasteiger charge is 2.42. The van der Waals surface area contributed by atoms with Gasteiger partial charge in [-0.2, -0.15) is 0 Å². The van der Waals surface area contributed by atoms with E-state index in [1.165, 1.54) is 37.9 Å². The van der Waals surface area contributed by atoms with Crippen LogP contribution in [0.1, 0.15) is 43.2 Å². The Morgan fingerprint density at radius 1 is 1.21 bits per heavy atom. The zero-order valence-corrected chi connectivity index (χ0v) is 11.7. The van der Waals surface area contributed by atoms with E-state index in [1.807, 2.05) is 12.1 Å². The molecule has 1 N–H and O–H groups in total. The van der Waals surface area contributed by atoms with Gasteiger partial charge in [-0.3, -0.25) is 4.90 Å². The molecule has 0 bridgehead atoms. The van der Waals surface area contributed by atoms with Crippen LogP contribution >= 0.6 is 0 Å². The van der Waals surface area contributed by atoms with Crippen molar-refractivity contribution < 1.29 is 9.84 Å². The van der Waals surface area contributed by atoms with Gasteiger partial charge in [0.15, 0.2) is 0 Å². The second kappa shape index (κ2) is 5.14. The van der Waals surface area contributed by atoms with Crippen LogP contribution in [0.2, 0.25) is 0 Å². The molecule has 3 heteroatoms. The van der Waals surface area contributed by atoms with Crippen LogP contribution in [0.3, 0.4) is 0 Å². The van der Waals surface area contributed by atoms with Gasteiger partial charge < -0.3 is 9.84 Å². The molecular formula is C16H23NO2. The average Bonchev–Trinajstić information content (AvgIpc) is 3.19. The molecule has 2 aliphatic rings. The average molecular weight is 261 g/mol. The second-order valence-corrected chi connectivity index (χ2v) is 5.90. The highest BCUT2D eigenvalue weighted by atomic mass is 16.5. The third kappa shape index (κ3) is 2.77. The van der Waals surface area contributed by atoms with Crippen LogP contribution in [0.15, 0.2) is 18.2 Å². The Labute approximate surface area is 115 Å². The van der Waals surface area contributed by atoms with Crippen LogP contribution in [-0.4, -0.2) is 30.2 Å². The first kappa shape index (κ1) is 12.9. The first-order valence-corrected chi connectivity index (χ1v) is 7.33. The lowest BCUT2D eigenvalue weighted by Crippen LogP contribution is -2.29. The Hall–Kier alpha value is -1.06. The van der Waals surface area contributed by atoms with Crippen molar-refractivity contribution in [1.29, 1.82) is 0 Å². The van der Waals surface area contributed by atoms with Gasteiger partial charge in [0.05, 0.1) is 12.7 Å². The van der Waals surface area contributed by atoms with Crippen LogP contribution < -0.4 is 4.74 Å². The number of hydrogen-bond donors (Lipinski definition) is 1. The summed E-state index contributed by atoms with van der Waals surface area (Å²) in [4.78, 5) is 2.49. The summed E-state index contributed by atoms with van der Waals surface area (Å²) < 4.78 is 5.47. The van der Waals surface area contributed by atoms with Crippen LogP contribution in [-0.2, 0) is 12.1 Å². The largest absolute Gasteiger partial charge is 0.496 e. The zero-order chi connectivity index (χ0) is 13.3. The molecule has 0 radical (unpaired) electrons. The maximum atomic E-state index is 10.2. The summed E-state index contributed by atoms with van der Waals surface area (Å²) in [5.41, 5.74) is 1.71. The lowest BCUT2D eigenvalue weighted by atomic mass is 10.0. The van der Waals surface area contributed by atoms with Gasteiger partial charge in [0.25, 0.3) is 0 Å². The SMILES string of the molecule is COc1ccc(C2(O)CC2)cc1CN1CCCCC1. The maximum absolute atomic E-state index is 10.2. The smallest absolute Gasteiger partial charge is 0.123 e. The number of aliphatic hydroxyl groups is 1. The van der Waals surface area contributed by atoms with Crippen LogP contribution in [0, 0.1) is 0 Å². The van der Waals surface area contributed by atoms with E-state index in [2.05, 4.69) is 11.0 Å². The minimum atomic E-state index is -0.553. The van der Waals surface area contributed by atoms with Crippen molar-refractivity contribution in [2.45, 2.75) is 44.2 Å². The molecule has 1 saturated carbocycles. The van der Waals surface area contributed by atoms with E-state index in [0.29, 0.717) is 0 Å². The van der Waals surface area contributed by atoms with E-state index in [4.69, 9.17) is 4.74 Å². The van der Waals surface area contributed by atoms with E-state index in [9.17, 15) is 5.11 Å². The first-order chi connectivity index (χ1) is 9.21. The Balaban J connectivity index is 1.80. The molecule has 0 spiro atoms. The number of nitrogens with zero attached hydrogens (tertiary/aromatic N) is 1. The zero-order valence-electron chi connectivity index (χ0n) is 11.7. The van der Waals surface area contributed by atoms with E-state index < -0.39 is 5.60 Å². The van der Waals surface area contributed by atoms with E-state index >= 15 is 0 Å². The number of likely N-dealkylation sites (tertiary alicyclic amines) is 1. The van der Waals surface area contributed by atoms with Gasteiger partial charge >= 0.3 is 0 Å². The first-order valence-electron chi connectivity index (χ1n) is 7.33. The molecule has 1 saturated heterocycles. The fourth-order valence-electron chi connectivity index (χ4n) is 2.96. The molecule has 1 aromatic carbocycles. The Kier molecular flexibility index (Phi) is 3.50. The summed E-state index contributed by atoms with van der Waals surface area (Å²) >= 11 is 0. The number of rotatable bonds is 4. The molecule has 0 amide bonds. The Bertz CT molecular complexity index is 448. The number of ether oxygens (including phenoxy) is 1. The molecule has 1 aromatic rings. The summed E-state index contributed by atoms with van der Waals surface area (Å²) in [5.74, 6) is 0.943. The van der Waals surface area contributed by atoms with Crippen molar-refractivity contribution in [1.82, 2.24) is 4.90 Å². The van der Waals surface area contributed by atoms with Crippen molar-refractivity contribution in [2.24, 2.45) is 0 Å². The van der Waals surface area contributed by atoms with Crippen molar-refractivity contribution in [3.05, 3.63) is 29.3 Å². The predicted octanol–water partition coefficient (Wildman–Crippen LogP) is 2.66. The topological polar surface area (TPSA) is 32.7 Å². The van der Waals surface area contributed by atoms with Gasteiger partial charge in [-0.05, 0) is 56.5 Å². The standard InChI is InChI=1S/C16H23NO2/c1-19-15-6-5-14(16(18)7-8-16)11-13(15)12-17-9-3-2-4-10-17/h5-6,11,18H,2-4,7-10,12H2,1H3. The molecule has 3 nitrogen and oxygen atoms in total. The molecule has 104 valence electrons. The normalized spacial score (nSPS) is 22.2. The molecule has 1 aliphatic heterocycles. The van der Waals surface area contributed by atoms with Gasteiger partial charge in [-0.1, -0.05) is 12.5 Å². The van der Waals surface area contributed by atoms with E-state index in [0.717, 1.165) is 30.7 Å². The summed E-state index contributed by atoms with van der Waals surface area (Å²) in [7, 11) is 1.72. The van der Waals surface area contributed by atoms with E-state index in [1.54, 1.807) is 7.11 Å². The fraction of sp³-hybridized carbons (Fsp3) is 0.625. The molecule has 3 rings (SSSR count). The molecule has 2 fully saturated rings. The predicted molar refractivity (Wildman–Crippen MR) is 75.3 cm³/mol. The third-order valence-electron chi connectivity index (χ3n) is 4.38. The maximum Gasteiger partial charge on any atom is 0.123 e. The second-order valence-electron chi connectivity index (χ2n) is 5.90. The van der Waals surface area contributed by atoms with Gasteiger partial charge in [0.2, 0.25) is 0 Å². The summed E-state index contributed by atoms with van der Waals surface area (Å²) in [6.45, 7) is 3.29. The molecule has 1 aliphatic carbocycles. The number of hydrogen-bond acceptors (Lipinski definition) is 3. The fourth-order valence-corrected chi connectivity index (χ4v) is 2.96. The third-order valence-corrected chi connectivity index (χ3v) is 4.38. The molecule has 19 heavy (non-hydrogen) atoms.